The monoisotopic (exact) mass is 272 g/mol. The third-order valence-corrected chi connectivity index (χ3v) is 2.67. The molecule has 1 atom stereocenters. The minimum atomic E-state index is -4.38. The van der Waals surface area contributed by atoms with Crippen LogP contribution in [0.3, 0.4) is 0 Å². The van der Waals surface area contributed by atoms with Crippen LogP contribution >= 0.6 is 0 Å². The van der Waals surface area contributed by atoms with E-state index in [2.05, 4.69) is 31.4 Å². The first-order valence-electron chi connectivity index (χ1n) is 4.61. The molecule has 96 valence electrons. The maximum atomic E-state index is 11.6. The third-order valence-electron chi connectivity index (χ3n) is 1.88. The summed E-state index contributed by atoms with van der Waals surface area (Å²) in [4.78, 5) is 15.1. The van der Waals surface area contributed by atoms with Crippen LogP contribution < -0.4 is 16.2 Å². The van der Waals surface area contributed by atoms with Crippen LogP contribution in [0, 0.1) is 0 Å². The molecule has 1 aliphatic rings. The molecule has 11 heteroatoms. The van der Waals surface area contributed by atoms with Gasteiger partial charge in [0.25, 0.3) is 5.91 Å². The van der Waals surface area contributed by atoms with Gasteiger partial charge >= 0.3 is 10.1 Å². The van der Waals surface area contributed by atoms with Gasteiger partial charge in [0.15, 0.2) is 5.69 Å². The fourth-order valence-electron chi connectivity index (χ4n) is 1.11. The van der Waals surface area contributed by atoms with Crippen molar-refractivity contribution in [3.05, 3.63) is 24.0 Å². The lowest BCUT2D eigenvalue weighted by atomic mass is 10.4. The number of hydrogen-bond donors (Lipinski definition) is 4. The van der Waals surface area contributed by atoms with Gasteiger partial charge in [0.2, 0.25) is 11.5 Å². The SMILES string of the molecule is O=C(NC1=NC(S(=O)(=O)O)NN1)c1cccnn1. The average Bonchev–Trinajstić information content (AvgIpc) is 2.78. The Hall–Kier alpha value is -2.11. The van der Waals surface area contributed by atoms with Gasteiger partial charge in [0.1, 0.15) is 0 Å². The number of amides is 1. The lowest BCUT2D eigenvalue weighted by molar-refractivity contribution is 0.0970. The molecule has 0 saturated carbocycles. The molecule has 1 amide bonds. The Kier molecular flexibility index (Phi) is 3.18. The second-order valence-electron chi connectivity index (χ2n) is 3.18. The van der Waals surface area contributed by atoms with Crippen molar-refractivity contribution in [3.63, 3.8) is 0 Å². The van der Waals surface area contributed by atoms with E-state index in [1.807, 2.05) is 0 Å². The minimum Gasteiger partial charge on any atom is -0.290 e. The molecule has 1 aliphatic heterocycles. The van der Waals surface area contributed by atoms with E-state index in [1.54, 1.807) is 0 Å². The summed E-state index contributed by atoms with van der Waals surface area (Å²) in [5.41, 5.74) is 2.93. The van der Waals surface area contributed by atoms with E-state index in [4.69, 9.17) is 4.55 Å². The zero-order chi connectivity index (χ0) is 13.2. The predicted molar refractivity (Wildman–Crippen MR) is 58.5 cm³/mol. The third kappa shape index (κ3) is 2.77. The maximum Gasteiger partial charge on any atom is 0.304 e. The van der Waals surface area contributed by atoms with Crippen LogP contribution in [0.2, 0.25) is 0 Å². The van der Waals surface area contributed by atoms with Gasteiger partial charge in [0.05, 0.1) is 0 Å². The summed E-state index contributed by atoms with van der Waals surface area (Å²) >= 11 is 0. The molecule has 2 heterocycles. The molecule has 2 rings (SSSR count). The van der Waals surface area contributed by atoms with E-state index in [-0.39, 0.29) is 11.7 Å². The Morgan fingerprint density at radius 1 is 1.50 bits per heavy atom. The van der Waals surface area contributed by atoms with Crippen LogP contribution in [-0.4, -0.2) is 40.5 Å². The molecule has 0 bridgehead atoms. The minimum absolute atomic E-state index is 0.0392. The molecule has 0 radical (unpaired) electrons. The van der Waals surface area contributed by atoms with Crippen molar-refractivity contribution in [2.75, 3.05) is 0 Å². The zero-order valence-electron chi connectivity index (χ0n) is 8.73. The van der Waals surface area contributed by atoms with Gasteiger partial charge in [-0.3, -0.25) is 20.1 Å². The van der Waals surface area contributed by atoms with Crippen molar-refractivity contribution in [1.29, 1.82) is 0 Å². The molecular weight excluding hydrogens is 264 g/mol. The molecule has 0 spiro atoms. The van der Waals surface area contributed by atoms with Crippen LogP contribution in [0.5, 0.6) is 0 Å². The number of carbonyl (C=O) groups excluding carboxylic acids is 1. The number of guanidine groups is 1. The number of nitrogens with one attached hydrogen (secondary N) is 3. The fraction of sp³-hybridized carbons (Fsp3) is 0.143. The molecule has 10 nitrogen and oxygen atoms in total. The van der Waals surface area contributed by atoms with Gasteiger partial charge in [-0.2, -0.15) is 18.9 Å². The topological polar surface area (TPSA) is 146 Å². The van der Waals surface area contributed by atoms with Crippen molar-refractivity contribution in [2.45, 2.75) is 5.50 Å². The van der Waals surface area contributed by atoms with Gasteiger partial charge in [-0.25, -0.2) is 4.99 Å². The Morgan fingerprint density at radius 3 is 2.83 bits per heavy atom. The standard InChI is InChI=1S/C7H8N6O4S/c14-5(4-2-1-3-8-11-4)9-6-10-7(13-12-6)18(15,16)17/h1-3,7,13H,(H,15,16,17)(H2,9,10,12,14). The van der Waals surface area contributed by atoms with Crippen LogP contribution in [-0.2, 0) is 10.1 Å². The van der Waals surface area contributed by atoms with Crippen LogP contribution in [0.1, 0.15) is 10.5 Å². The first kappa shape index (κ1) is 12.3. The van der Waals surface area contributed by atoms with Crippen LogP contribution in [0.25, 0.3) is 0 Å². The highest BCUT2D eigenvalue weighted by Gasteiger charge is 2.28. The lowest BCUT2D eigenvalue weighted by Gasteiger charge is -2.03. The number of aliphatic imine (C=N–C) groups is 1. The normalized spacial score (nSPS) is 18.9. The van der Waals surface area contributed by atoms with Gasteiger partial charge in [0, 0.05) is 6.20 Å². The Bertz CT molecular complexity index is 585. The Balaban J connectivity index is 2.06. The lowest BCUT2D eigenvalue weighted by Crippen LogP contribution is -2.44. The van der Waals surface area contributed by atoms with E-state index < -0.39 is 21.5 Å². The number of aromatic nitrogens is 2. The van der Waals surface area contributed by atoms with Gasteiger partial charge < -0.3 is 0 Å². The highest BCUT2D eigenvalue weighted by Crippen LogP contribution is 2.00. The molecular formula is C7H8N6O4S. The highest BCUT2D eigenvalue weighted by atomic mass is 32.2. The van der Waals surface area contributed by atoms with Crippen molar-refractivity contribution < 1.29 is 17.8 Å². The highest BCUT2D eigenvalue weighted by molar-refractivity contribution is 7.86. The zero-order valence-corrected chi connectivity index (χ0v) is 9.55. The number of nitrogens with zero attached hydrogens (tertiary/aromatic N) is 3. The largest absolute Gasteiger partial charge is 0.304 e. The van der Waals surface area contributed by atoms with E-state index in [9.17, 15) is 13.2 Å². The second kappa shape index (κ2) is 4.64. The quantitative estimate of drug-likeness (QED) is 0.445. The number of hydrogen-bond acceptors (Lipinski definition) is 8. The van der Waals surface area contributed by atoms with Crippen LogP contribution in [0.4, 0.5) is 0 Å². The summed E-state index contributed by atoms with van der Waals surface area (Å²) in [7, 11) is -4.38. The molecule has 1 aromatic rings. The Morgan fingerprint density at radius 2 is 2.28 bits per heavy atom. The number of carbonyl (C=O) groups is 1. The molecule has 18 heavy (non-hydrogen) atoms. The van der Waals surface area contributed by atoms with Crippen molar-refractivity contribution in [1.82, 2.24) is 26.4 Å². The van der Waals surface area contributed by atoms with Gasteiger partial charge in [-0.1, -0.05) is 0 Å². The molecule has 0 saturated heterocycles. The smallest absolute Gasteiger partial charge is 0.290 e. The average molecular weight is 272 g/mol. The van der Waals surface area contributed by atoms with E-state index >= 15 is 0 Å². The van der Waals surface area contributed by atoms with Gasteiger partial charge in [-0.05, 0) is 12.1 Å². The number of rotatable bonds is 2. The van der Waals surface area contributed by atoms with E-state index in [1.165, 1.54) is 18.3 Å². The Labute approximate surface area is 101 Å². The number of hydrazine groups is 1. The summed E-state index contributed by atoms with van der Waals surface area (Å²) in [5, 5.41) is 9.32. The fourth-order valence-corrected chi connectivity index (χ4v) is 1.56. The molecule has 4 N–H and O–H groups in total. The molecule has 0 fully saturated rings. The molecule has 1 unspecified atom stereocenters. The van der Waals surface area contributed by atoms with Crippen molar-refractivity contribution in [2.24, 2.45) is 4.99 Å². The first-order valence-corrected chi connectivity index (χ1v) is 6.12. The maximum absolute atomic E-state index is 11.6. The summed E-state index contributed by atoms with van der Waals surface area (Å²) in [6, 6.07) is 2.94. The van der Waals surface area contributed by atoms with Gasteiger partial charge in [-0.15, -0.1) is 5.10 Å². The summed E-state index contributed by atoms with van der Waals surface area (Å²) < 4.78 is 30.2. The summed E-state index contributed by atoms with van der Waals surface area (Å²) in [5.74, 6) is -0.764. The first-order chi connectivity index (χ1) is 8.47. The predicted octanol–water partition coefficient (Wildman–Crippen LogP) is -2.16. The van der Waals surface area contributed by atoms with Crippen LogP contribution in [0.15, 0.2) is 23.3 Å². The van der Waals surface area contributed by atoms with E-state index in [0.29, 0.717) is 0 Å². The second-order valence-corrected chi connectivity index (χ2v) is 4.65. The van der Waals surface area contributed by atoms with Crippen molar-refractivity contribution >= 4 is 22.0 Å². The molecule has 0 aliphatic carbocycles. The van der Waals surface area contributed by atoms with E-state index in [0.717, 1.165) is 0 Å². The molecule has 1 aromatic heterocycles. The molecule has 0 aromatic carbocycles. The summed E-state index contributed by atoms with van der Waals surface area (Å²) in [6.45, 7) is 0. The summed E-state index contributed by atoms with van der Waals surface area (Å²) in [6.07, 6.45) is 1.40. The van der Waals surface area contributed by atoms with Crippen molar-refractivity contribution in [3.8, 4) is 0 Å².